The van der Waals surface area contributed by atoms with Gasteiger partial charge in [-0.1, -0.05) is 0 Å². The molecule has 35 valence electrons. The van der Waals surface area contributed by atoms with Crippen LogP contribution >= 0.6 is 0 Å². The van der Waals surface area contributed by atoms with Gasteiger partial charge in [0.2, 0.25) is 0 Å². The molecule has 0 aliphatic rings. The molecule has 0 amide bonds. The molecule has 0 aromatic heterocycles. The zero-order valence-corrected chi connectivity index (χ0v) is 7.58. The van der Waals surface area contributed by atoms with E-state index in [1.807, 2.05) is 0 Å². The Labute approximate surface area is 85.3 Å². The molecule has 0 saturated carbocycles. The molecular weight excluding hydrogens is 157 g/mol. The van der Waals surface area contributed by atoms with Crippen molar-refractivity contribution >= 4 is 0 Å². The van der Waals surface area contributed by atoms with Crippen molar-refractivity contribution in [3.8, 4) is 0 Å². The van der Waals surface area contributed by atoms with Crippen LogP contribution in [0.2, 0.25) is 0 Å². The minimum absolute atomic E-state index is 0. The monoisotopic (exact) mass is 160 g/mol. The molecule has 0 spiro atoms. The average molecular weight is 160 g/mol. The normalized spacial score (nSPS) is 3.00. The summed E-state index contributed by atoms with van der Waals surface area (Å²) in [6, 6.07) is 0. The maximum atomic E-state index is 9.25. The molecule has 0 N–H and O–H groups in total. The second-order valence-corrected chi connectivity index (χ2v) is 0.260. The van der Waals surface area contributed by atoms with Crippen LogP contribution in [0.25, 0.3) is 0 Å². The van der Waals surface area contributed by atoms with E-state index >= 15 is 0 Å². The third-order valence-corrected chi connectivity index (χ3v) is 0. The Bertz CT molecular complexity index is 38.7. The van der Waals surface area contributed by atoms with E-state index in [1.54, 1.807) is 7.18 Å². The Balaban J connectivity index is -0.0000000105. The zero-order valence-electron chi connectivity index (χ0n) is 4.28. The van der Waals surface area contributed by atoms with Crippen molar-refractivity contribution in [2.75, 3.05) is 0 Å². The summed E-state index contributed by atoms with van der Waals surface area (Å²) in [7, 11) is 1.75. The van der Waals surface area contributed by atoms with Gasteiger partial charge in [-0.2, -0.15) is 7.18 Å². The molecule has 0 heterocycles. The molecule has 2 nitrogen and oxygen atoms in total. The SMILES string of the molecule is [CH2-]F.[H-].[K+].[O]=[Mn]=[O]. The van der Waals surface area contributed by atoms with Crippen LogP contribution in [0.15, 0.2) is 0 Å². The first kappa shape index (κ1) is 15.6. The van der Waals surface area contributed by atoms with Gasteiger partial charge in [0, 0.05) is 0 Å². The molecule has 0 atom stereocenters. The first-order valence-electron chi connectivity index (χ1n) is 0.576. The summed E-state index contributed by atoms with van der Waals surface area (Å²) in [5.74, 6) is 0. The van der Waals surface area contributed by atoms with Crippen molar-refractivity contribution in [1.29, 1.82) is 0 Å². The fourth-order valence-corrected chi connectivity index (χ4v) is 0. The van der Waals surface area contributed by atoms with Crippen molar-refractivity contribution in [2.24, 2.45) is 0 Å². The van der Waals surface area contributed by atoms with E-state index in [-0.39, 0.29) is 52.8 Å². The predicted octanol–water partition coefficient (Wildman–Crippen LogP) is -2.38. The van der Waals surface area contributed by atoms with Crippen LogP contribution in [0.3, 0.4) is 0 Å². The summed E-state index contributed by atoms with van der Waals surface area (Å²) in [6.45, 7) is 0. The van der Waals surface area contributed by atoms with Gasteiger partial charge in [0.05, 0.1) is 0 Å². The summed E-state index contributed by atoms with van der Waals surface area (Å²) in [4.78, 5) is 0. The molecule has 6 heavy (non-hydrogen) atoms. The quantitative estimate of drug-likeness (QED) is 0.293. The molecule has 0 bridgehead atoms. The van der Waals surface area contributed by atoms with Gasteiger partial charge in [-0.25, -0.2) is 0 Å². The summed E-state index contributed by atoms with van der Waals surface area (Å²) < 4.78 is 26.1. The molecule has 0 aliphatic carbocycles. The van der Waals surface area contributed by atoms with Crippen LogP contribution < -0.4 is 51.4 Å². The average Bonchev–Trinajstić information content (AvgIpc) is 1.46. The van der Waals surface area contributed by atoms with Gasteiger partial charge in [0.1, 0.15) is 0 Å². The first-order valence-corrected chi connectivity index (χ1v) is 1.54. The fourth-order valence-electron chi connectivity index (χ4n) is 0. The van der Waals surface area contributed by atoms with E-state index < -0.39 is 14.8 Å². The molecule has 0 saturated heterocycles. The molecule has 0 radical (unpaired) electrons. The third kappa shape index (κ3) is 43.9. The van der Waals surface area contributed by atoms with E-state index in [9.17, 15) is 4.39 Å². The van der Waals surface area contributed by atoms with Crippen molar-refractivity contribution < 1.29 is 79.7 Å². The van der Waals surface area contributed by atoms with E-state index in [2.05, 4.69) is 0 Å². The molecule has 0 aromatic carbocycles. The molecule has 5 heteroatoms. The van der Waals surface area contributed by atoms with Crippen molar-refractivity contribution in [3.05, 3.63) is 7.18 Å². The number of hydrogen-bond acceptors (Lipinski definition) is 2. The van der Waals surface area contributed by atoms with Crippen LogP contribution in [0, 0.1) is 7.18 Å². The van der Waals surface area contributed by atoms with Gasteiger partial charge in [-0.05, 0) is 0 Å². The molecular formula is CH3FKMnO2-. The molecule has 0 aliphatic heterocycles. The van der Waals surface area contributed by atoms with Crippen LogP contribution in [0.4, 0.5) is 4.39 Å². The Kier molecular flexibility index (Phi) is 78.1. The van der Waals surface area contributed by atoms with Crippen molar-refractivity contribution in [2.45, 2.75) is 0 Å². The van der Waals surface area contributed by atoms with Crippen LogP contribution in [0.5, 0.6) is 0 Å². The first-order chi connectivity index (χ1) is 2.41. The van der Waals surface area contributed by atoms with Gasteiger partial charge in [-0.3, -0.25) is 0 Å². The van der Waals surface area contributed by atoms with Gasteiger partial charge in [0.25, 0.3) is 0 Å². The standard InChI is InChI=1S/CH2F.K.Mn.2O.H/c1-2;;;;;/h1H2;;;;;/q-1;+1;;;;-1. The fraction of sp³-hybridized carbons (Fsp3) is 0. The van der Waals surface area contributed by atoms with Gasteiger partial charge in [-0.15, -0.1) is 0 Å². The van der Waals surface area contributed by atoms with E-state index in [1.165, 1.54) is 0 Å². The maximum absolute atomic E-state index is 9.25. The Morgan fingerprint density at radius 3 is 1.50 bits per heavy atom. The second kappa shape index (κ2) is 30.0. The van der Waals surface area contributed by atoms with Crippen LogP contribution in [-0.4, -0.2) is 0 Å². The Morgan fingerprint density at radius 1 is 1.50 bits per heavy atom. The van der Waals surface area contributed by atoms with E-state index in [4.69, 9.17) is 7.67 Å². The summed E-state index contributed by atoms with van der Waals surface area (Å²) in [5.41, 5.74) is 0. The predicted molar refractivity (Wildman–Crippen MR) is 8.95 cm³/mol. The van der Waals surface area contributed by atoms with Crippen LogP contribution in [-0.2, 0) is 22.5 Å². The Morgan fingerprint density at radius 2 is 1.50 bits per heavy atom. The molecule has 0 rings (SSSR count). The van der Waals surface area contributed by atoms with Gasteiger partial charge >= 0.3 is 73.9 Å². The topological polar surface area (TPSA) is 34.1 Å². The molecule has 0 fully saturated rings. The van der Waals surface area contributed by atoms with Crippen molar-refractivity contribution in [1.82, 2.24) is 0 Å². The van der Waals surface area contributed by atoms with E-state index in [0.717, 1.165) is 0 Å². The van der Waals surface area contributed by atoms with Crippen LogP contribution in [0.1, 0.15) is 1.43 Å². The Hall–Kier alpha value is 1.69. The summed E-state index contributed by atoms with van der Waals surface area (Å²) in [5, 5.41) is 0. The van der Waals surface area contributed by atoms with Crippen molar-refractivity contribution in [3.63, 3.8) is 0 Å². The molecule has 0 unspecified atom stereocenters. The third-order valence-electron chi connectivity index (χ3n) is 0. The van der Waals surface area contributed by atoms with E-state index in [0.29, 0.717) is 0 Å². The second-order valence-electron chi connectivity index (χ2n) is 0.0630. The molecule has 0 aromatic rings. The summed E-state index contributed by atoms with van der Waals surface area (Å²) >= 11 is -1.44. The minimum atomic E-state index is -1.44. The number of hydrogen-bond donors (Lipinski definition) is 0. The number of halogens is 1. The summed E-state index contributed by atoms with van der Waals surface area (Å²) in [6.07, 6.45) is 0. The van der Waals surface area contributed by atoms with Gasteiger partial charge < -0.3 is 5.82 Å². The van der Waals surface area contributed by atoms with Gasteiger partial charge in [0.15, 0.2) is 0 Å². The number of rotatable bonds is 0. The zero-order chi connectivity index (χ0) is 4.71.